The molecule has 0 spiro atoms. The number of hydrogen-bond acceptors (Lipinski definition) is 5. The van der Waals surface area contributed by atoms with Crippen molar-refractivity contribution in [3.8, 4) is 0 Å². The van der Waals surface area contributed by atoms with Crippen molar-refractivity contribution in [1.82, 2.24) is 10.2 Å². The van der Waals surface area contributed by atoms with Crippen LogP contribution in [0.1, 0.15) is 54.3 Å². The molecular formula is C19H14N2O5. The van der Waals surface area contributed by atoms with Crippen LogP contribution in [0.15, 0.2) is 24.3 Å². The topological polar surface area (TPSA) is 92.8 Å². The maximum absolute atomic E-state index is 13.0. The molecule has 3 aliphatic heterocycles. The zero-order valence-electron chi connectivity index (χ0n) is 13.7. The number of amides is 4. The van der Waals surface area contributed by atoms with Crippen LogP contribution in [0.5, 0.6) is 0 Å². The van der Waals surface area contributed by atoms with Gasteiger partial charge in [0.1, 0.15) is 0 Å². The van der Waals surface area contributed by atoms with E-state index in [0.29, 0.717) is 39.6 Å². The lowest BCUT2D eigenvalue weighted by molar-refractivity contribution is 0.0437. The average Bonchev–Trinajstić information content (AvgIpc) is 3.14. The summed E-state index contributed by atoms with van der Waals surface area (Å²) in [4.78, 5) is 51.4. The summed E-state index contributed by atoms with van der Waals surface area (Å²) in [5, 5.41) is 3.05. The monoisotopic (exact) mass is 350 g/mol. The second-order valence-electron chi connectivity index (χ2n) is 6.71. The molecule has 1 N–H and O–H groups in total. The Balaban J connectivity index is 1.71. The summed E-state index contributed by atoms with van der Waals surface area (Å²) >= 11 is 0. The lowest BCUT2D eigenvalue weighted by atomic mass is 9.86. The minimum absolute atomic E-state index is 0.148. The molecule has 26 heavy (non-hydrogen) atoms. The van der Waals surface area contributed by atoms with Gasteiger partial charge in [-0.2, -0.15) is 0 Å². The highest BCUT2D eigenvalue weighted by Crippen LogP contribution is 2.36. The Labute approximate surface area is 147 Å². The van der Waals surface area contributed by atoms with Gasteiger partial charge in [-0.25, -0.2) is 0 Å². The summed E-state index contributed by atoms with van der Waals surface area (Å²) in [5.41, 5.74) is 1.27. The molecule has 0 bridgehead atoms. The van der Waals surface area contributed by atoms with E-state index in [9.17, 15) is 19.2 Å². The molecule has 3 heterocycles. The second kappa shape index (κ2) is 5.22. The van der Waals surface area contributed by atoms with E-state index in [-0.39, 0.29) is 12.6 Å². The lowest BCUT2D eigenvalue weighted by Gasteiger charge is -2.30. The predicted octanol–water partition coefficient (Wildman–Crippen LogP) is 1.50. The first kappa shape index (κ1) is 15.2. The molecule has 0 radical (unpaired) electrons. The lowest BCUT2D eigenvalue weighted by Crippen LogP contribution is -2.45. The Kier molecular flexibility index (Phi) is 3.05. The first-order valence-electron chi connectivity index (χ1n) is 8.49. The molecule has 1 saturated heterocycles. The molecule has 0 saturated carbocycles. The number of rotatable bonds is 2. The number of nitrogens with one attached hydrogen (secondary N) is 1. The van der Waals surface area contributed by atoms with Crippen molar-refractivity contribution < 1.29 is 23.9 Å². The van der Waals surface area contributed by atoms with E-state index >= 15 is 0 Å². The molecule has 3 aliphatic rings. The summed E-state index contributed by atoms with van der Waals surface area (Å²) in [6, 6.07) is 6.17. The molecule has 2 aromatic rings. The number of imide groups is 2. The average molecular weight is 350 g/mol. The normalized spacial score (nSPS) is 21.5. The summed E-state index contributed by atoms with van der Waals surface area (Å²) in [7, 11) is 0. The first-order chi connectivity index (χ1) is 12.6. The van der Waals surface area contributed by atoms with E-state index in [1.54, 1.807) is 12.1 Å². The number of ether oxygens (including phenoxy) is 1. The van der Waals surface area contributed by atoms with Crippen molar-refractivity contribution in [2.75, 3.05) is 13.2 Å². The highest BCUT2D eigenvalue weighted by Gasteiger charge is 2.38. The van der Waals surface area contributed by atoms with Crippen molar-refractivity contribution in [3.63, 3.8) is 0 Å². The van der Waals surface area contributed by atoms with Crippen molar-refractivity contribution in [2.45, 2.75) is 18.9 Å². The summed E-state index contributed by atoms with van der Waals surface area (Å²) < 4.78 is 5.56. The predicted molar refractivity (Wildman–Crippen MR) is 90.1 cm³/mol. The van der Waals surface area contributed by atoms with Gasteiger partial charge in [-0.1, -0.05) is 0 Å². The van der Waals surface area contributed by atoms with Crippen LogP contribution >= 0.6 is 0 Å². The number of nitrogens with zero attached hydrogens (tertiary/aromatic N) is 1. The Hall–Kier alpha value is -3.06. The fourth-order valence-corrected chi connectivity index (χ4v) is 4.01. The van der Waals surface area contributed by atoms with Gasteiger partial charge >= 0.3 is 0 Å². The van der Waals surface area contributed by atoms with Gasteiger partial charge in [0.15, 0.2) is 0 Å². The molecule has 0 aliphatic carbocycles. The van der Waals surface area contributed by atoms with Crippen LogP contribution in [0.25, 0.3) is 10.8 Å². The fraction of sp³-hybridized carbons (Fsp3) is 0.263. The summed E-state index contributed by atoms with van der Waals surface area (Å²) in [5.74, 6) is -1.87. The van der Waals surface area contributed by atoms with E-state index in [1.807, 2.05) is 0 Å². The highest BCUT2D eigenvalue weighted by atomic mass is 16.5. The fourth-order valence-electron chi connectivity index (χ4n) is 4.01. The molecular weight excluding hydrogens is 336 g/mol. The van der Waals surface area contributed by atoms with Crippen molar-refractivity contribution in [2.24, 2.45) is 0 Å². The van der Waals surface area contributed by atoms with Gasteiger partial charge in [-0.05, 0) is 37.1 Å². The van der Waals surface area contributed by atoms with Crippen LogP contribution < -0.4 is 5.32 Å². The molecule has 7 heteroatoms. The number of benzene rings is 2. The third-order valence-electron chi connectivity index (χ3n) is 5.24. The van der Waals surface area contributed by atoms with Gasteiger partial charge in [-0.3, -0.25) is 29.4 Å². The molecule has 2 aromatic carbocycles. The Morgan fingerprint density at radius 2 is 1.42 bits per heavy atom. The number of carbonyl (C=O) groups is 4. The third-order valence-corrected chi connectivity index (χ3v) is 5.24. The SMILES string of the molecule is O=C1NC(=O)c2ccc3c4c(ccc1c24)C(=O)N(CC1CCCO1)C3=O. The Morgan fingerprint density at radius 3 is 1.96 bits per heavy atom. The van der Waals surface area contributed by atoms with Crippen LogP contribution in [0.2, 0.25) is 0 Å². The van der Waals surface area contributed by atoms with Gasteiger partial charge in [0.2, 0.25) is 0 Å². The molecule has 4 amide bonds. The molecule has 7 nitrogen and oxygen atoms in total. The molecule has 0 aromatic heterocycles. The van der Waals surface area contributed by atoms with Gasteiger partial charge < -0.3 is 4.74 Å². The van der Waals surface area contributed by atoms with E-state index in [2.05, 4.69) is 5.32 Å². The van der Waals surface area contributed by atoms with E-state index in [0.717, 1.165) is 12.8 Å². The van der Waals surface area contributed by atoms with Crippen molar-refractivity contribution >= 4 is 34.4 Å². The van der Waals surface area contributed by atoms with Crippen LogP contribution in [0, 0.1) is 0 Å². The van der Waals surface area contributed by atoms with Crippen molar-refractivity contribution in [1.29, 1.82) is 0 Å². The molecule has 1 fully saturated rings. The minimum Gasteiger partial charge on any atom is -0.376 e. The zero-order chi connectivity index (χ0) is 18.0. The quantitative estimate of drug-likeness (QED) is 0.829. The number of carbonyl (C=O) groups excluding carboxylic acids is 4. The van der Waals surface area contributed by atoms with Crippen LogP contribution in [0.3, 0.4) is 0 Å². The molecule has 1 unspecified atom stereocenters. The first-order valence-corrected chi connectivity index (χ1v) is 8.49. The standard InChI is InChI=1S/C19H14N2O5/c22-16-10-3-5-12-15-13(6-4-11(14(10)15)17(23)20-16)19(25)21(18(12)24)8-9-2-1-7-26-9/h3-6,9H,1-2,7-8H2,(H,20,22,23). The molecule has 130 valence electrons. The van der Waals surface area contributed by atoms with Gasteiger partial charge in [0.05, 0.1) is 12.6 Å². The van der Waals surface area contributed by atoms with Crippen LogP contribution in [0.4, 0.5) is 0 Å². The maximum Gasteiger partial charge on any atom is 0.261 e. The highest BCUT2D eigenvalue weighted by molar-refractivity contribution is 6.33. The Morgan fingerprint density at radius 1 is 0.885 bits per heavy atom. The summed E-state index contributed by atoms with van der Waals surface area (Å²) in [6.07, 6.45) is 1.58. The molecule has 5 rings (SSSR count). The van der Waals surface area contributed by atoms with Gasteiger partial charge in [0, 0.05) is 39.6 Å². The van der Waals surface area contributed by atoms with Crippen molar-refractivity contribution in [3.05, 3.63) is 46.5 Å². The zero-order valence-corrected chi connectivity index (χ0v) is 13.7. The molecule has 1 atom stereocenters. The smallest absolute Gasteiger partial charge is 0.261 e. The van der Waals surface area contributed by atoms with Crippen LogP contribution in [-0.4, -0.2) is 47.8 Å². The van der Waals surface area contributed by atoms with Gasteiger partial charge in [-0.15, -0.1) is 0 Å². The third kappa shape index (κ3) is 1.91. The van der Waals surface area contributed by atoms with Crippen LogP contribution in [-0.2, 0) is 4.74 Å². The largest absolute Gasteiger partial charge is 0.376 e. The van der Waals surface area contributed by atoms with Gasteiger partial charge in [0.25, 0.3) is 23.6 Å². The Bertz CT molecular complexity index is 967. The van der Waals surface area contributed by atoms with E-state index in [4.69, 9.17) is 4.74 Å². The number of hydrogen-bond donors (Lipinski definition) is 1. The minimum atomic E-state index is -0.520. The second-order valence-corrected chi connectivity index (χ2v) is 6.71. The van der Waals surface area contributed by atoms with E-state index < -0.39 is 23.6 Å². The summed E-state index contributed by atoms with van der Waals surface area (Å²) in [6.45, 7) is 0.846. The van der Waals surface area contributed by atoms with E-state index in [1.165, 1.54) is 17.0 Å². The maximum atomic E-state index is 13.0.